The van der Waals surface area contributed by atoms with Crippen molar-refractivity contribution in [2.24, 2.45) is 11.7 Å². The summed E-state index contributed by atoms with van der Waals surface area (Å²) in [5.74, 6) is -0.199. The minimum Gasteiger partial charge on any atom is -0.355 e. The van der Waals surface area contributed by atoms with Gasteiger partial charge in [-0.1, -0.05) is 5.21 Å². The van der Waals surface area contributed by atoms with Crippen LogP contribution in [0.4, 0.5) is 0 Å². The van der Waals surface area contributed by atoms with Crippen molar-refractivity contribution in [3.63, 3.8) is 0 Å². The fraction of sp³-hybridized carbons (Fsp3) is 0.667. The van der Waals surface area contributed by atoms with Crippen LogP contribution in [0.3, 0.4) is 0 Å². The number of hydrogen-bond donors (Lipinski definition) is 2. The molecule has 0 aliphatic carbocycles. The summed E-state index contributed by atoms with van der Waals surface area (Å²) >= 11 is 0. The molecular weight excluding hydrogens is 260 g/mol. The highest BCUT2D eigenvalue weighted by atomic mass is 16.2. The summed E-state index contributed by atoms with van der Waals surface area (Å²) < 4.78 is 1.49. The summed E-state index contributed by atoms with van der Waals surface area (Å²) in [6, 6.07) is 0. The maximum atomic E-state index is 12.1. The summed E-state index contributed by atoms with van der Waals surface area (Å²) in [5.41, 5.74) is 5.36. The molecule has 0 radical (unpaired) electrons. The molecule has 2 heterocycles. The zero-order valence-corrected chi connectivity index (χ0v) is 11.4. The zero-order chi connectivity index (χ0) is 14.4. The monoisotopic (exact) mass is 280 g/mol. The Bertz CT molecular complexity index is 447. The van der Waals surface area contributed by atoms with Gasteiger partial charge in [0.1, 0.15) is 6.54 Å². The highest BCUT2D eigenvalue weighted by molar-refractivity contribution is 5.81. The Balaban J connectivity index is 1.86. The molecule has 1 unspecified atom stereocenters. The highest BCUT2D eigenvalue weighted by Gasteiger charge is 2.28. The molecule has 20 heavy (non-hydrogen) atoms. The Morgan fingerprint density at radius 1 is 1.45 bits per heavy atom. The fourth-order valence-corrected chi connectivity index (χ4v) is 2.31. The van der Waals surface area contributed by atoms with E-state index in [9.17, 15) is 9.59 Å². The van der Waals surface area contributed by atoms with Gasteiger partial charge in [0.15, 0.2) is 0 Å². The summed E-state index contributed by atoms with van der Waals surface area (Å²) in [7, 11) is 0. The third kappa shape index (κ3) is 3.77. The van der Waals surface area contributed by atoms with E-state index in [1.54, 1.807) is 11.1 Å². The number of likely N-dealkylation sites (tertiary alicyclic amines) is 1. The lowest BCUT2D eigenvalue weighted by atomic mass is 9.97. The molecule has 1 atom stereocenters. The first-order valence-corrected chi connectivity index (χ1v) is 6.80. The molecule has 2 rings (SSSR count). The van der Waals surface area contributed by atoms with Gasteiger partial charge >= 0.3 is 0 Å². The van der Waals surface area contributed by atoms with Crippen LogP contribution in [0.15, 0.2) is 12.4 Å². The molecule has 1 saturated heterocycles. The van der Waals surface area contributed by atoms with Crippen LogP contribution in [-0.2, 0) is 16.1 Å². The van der Waals surface area contributed by atoms with Gasteiger partial charge in [-0.3, -0.25) is 9.59 Å². The van der Waals surface area contributed by atoms with E-state index in [-0.39, 0.29) is 24.3 Å². The largest absolute Gasteiger partial charge is 0.355 e. The molecule has 2 amide bonds. The van der Waals surface area contributed by atoms with Crippen molar-refractivity contribution in [3.8, 4) is 0 Å². The van der Waals surface area contributed by atoms with Crippen molar-refractivity contribution in [2.45, 2.75) is 19.4 Å². The van der Waals surface area contributed by atoms with Crippen LogP contribution in [0.25, 0.3) is 0 Å². The van der Waals surface area contributed by atoms with Crippen molar-refractivity contribution >= 4 is 11.8 Å². The number of aromatic nitrogens is 3. The van der Waals surface area contributed by atoms with Crippen LogP contribution < -0.4 is 11.1 Å². The summed E-state index contributed by atoms with van der Waals surface area (Å²) in [5, 5.41) is 10.2. The second kappa shape index (κ2) is 6.99. The van der Waals surface area contributed by atoms with Crippen molar-refractivity contribution < 1.29 is 9.59 Å². The van der Waals surface area contributed by atoms with E-state index < -0.39 is 0 Å². The van der Waals surface area contributed by atoms with Gasteiger partial charge in [-0.25, -0.2) is 4.68 Å². The third-order valence-corrected chi connectivity index (χ3v) is 3.36. The average molecular weight is 280 g/mol. The maximum absolute atomic E-state index is 12.1. The van der Waals surface area contributed by atoms with Gasteiger partial charge in [-0.15, -0.1) is 5.10 Å². The smallest absolute Gasteiger partial charge is 0.244 e. The number of rotatable bonds is 5. The van der Waals surface area contributed by atoms with Crippen molar-refractivity contribution in [2.75, 3.05) is 26.2 Å². The van der Waals surface area contributed by atoms with E-state index in [1.807, 2.05) is 0 Å². The van der Waals surface area contributed by atoms with Gasteiger partial charge < -0.3 is 16.0 Å². The number of nitrogens with zero attached hydrogens (tertiary/aromatic N) is 4. The number of nitrogens with one attached hydrogen (secondary N) is 1. The molecule has 0 spiro atoms. The normalized spacial score (nSPS) is 18.9. The molecular formula is C12H20N6O2. The van der Waals surface area contributed by atoms with Crippen LogP contribution >= 0.6 is 0 Å². The van der Waals surface area contributed by atoms with Crippen LogP contribution in [0, 0.1) is 5.92 Å². The predicted molar refractivity (Wildman–Crippen MR) is 71.4 cm³/mol. The number of carbonyl (C=O) groups excluding carboxylic acids is 2. The number of carbonyl (C=O) groups is 2. The number of hydrogen-bond acceptors (Lipinski definition) is 5. The van der Waals surface area contributed by atoms with Gasteiger partial charge in [-0.2, -0.15) is 0 Å². The molecule has 0 saturated carbocycles. The molecule has 0 bridgehead atoms. The van der Waals surface area contributed by atoms with Crippen molar-refractivity contribution in [1.82, 2.24) is 25.2 Å². The van der Waals surface area contributed by atoms with Crippen LogP contribution in [0.5, 0.6) is 0 Å². The SMILES string of the molecule is NCCNC(=O)C1CCCN(C(=O)Cn2ccnn2)C1. The molecule has 3 N–H and O–H groups in total. The molecule has 1 aromatic heterocycles. The molecule has 1 aliphatic rings. The number of nitrogens with two attached hydrogens (primary N) is 1. The first kappa shape index (κ1) is 14.4. The van der Waals surface area contributed by atoms with Crippen molar-refractivity contribution in [3.05, 3.63) is 12.4 Å². The summed E-state index contributed by atoms with van der Waals surface area (Å²) in [6.07, 6.45) is 4.83. The first-order chi connectivity index (χ1) is 9.70. The minimum absolute atomic E-state index is 0.0197. The lowest BCUT2D eigenvalue weighted by molar-refractivity contribution is -0.136. The van der Waals surface area contributed by atoms with Gasteiger partial charge in [0.05, 0.1) is 12.1 Å². The summed E-state index contributed by atoms with van der Waals surface area (Å²) in [6.45, 7) is 2.21. The third-order valence-electron chi connectivity index (χ3n) is 3.36. The van der Waals surface area contributed by atoms with E-state index in [2.05, 4.69) is 15.6 Å². The first-order valence-electron chi connectivity index (χ1n) is 6.80. The Labute approximate surface area is 117 Å². The van der Waals surface area contributed by atoms with E-state index in [1.165, 1.54) is 10.9 Å². The van der Waals surface area contributed by atoms with Gasteiger partial charge in [-0.05, 0) is 12.8 Å². The minimum atomic E-state index is -0.144. The van der Waals surface area contributed by atoms with Gasteiger partial charge in [0, 0.05) is 32.4 Å². The Morgan fingerprint density at radius 3 is 3.00 bits per heavy atom. The average Bonchev–Trinajstić information content (AvgIpc) is 2.97. The lowest BCUT2D eigenvalue weighted by Crippen LogP contribution is -2.47. The van der Waals surface area contributed by atoms with Crippen LogP contribution in [0.1, 0.15) is 12.8 Å². The standard InChI is InChI=1S/C12H20N6O2/c13-3-4-14-12(20)10-2-1-6-17(8-10)11(19)9-18-7-5-15-16-18/h5,7,10H,1-4,6,8-9,13H2,(H,14,20). The number of amides is 2. The Hall–Kier alpha value is -1.96. The zero-order valence-electron chi connectivity index (χ0n) is 11.4. The molecule has 110 valence electrons. The van der Waals surface area contributed by atoms with E-state index in [4.69, 9.17) is 5.73 Å². The van der Waals surface area contributed by atoms with Crippen LogP contribution in [-0.4, -0.2) is 57.9 Å². The molecule has 8 nitrogen and oxygen atoms in total. The highest BCUT2D eigenvalue weighted by Crippen LogP contribution is 2.17. The van der Waals surface area contributed by atoms with Crippen LogP contribution in [0.2, 0.25) is 0 Å². The summed E-state index contributed by atoms with van der Waals surface area (Å²) in [4.78, 5) is 25.8. The maximum Gasteiger partial charge on any atom is 0.244 e. The quantitative estimate of drug-likeness (QED) is 0.689. The fourth-order valence-electron chi connectivity index (χ4n) is 2.31. The molecule has 1 aromatic rings. The predicted octanol–water partition coefficient (Wildman–Crippen LogP) is -1.41. The topological polar surface area (TPSA) is 106 Å². The Morgan fingerprint density at radius 2 is 2.30 bits per heavy atom. The van der Waals surface area contributed by atoms with E-state index in [0.29, 0.717) is 26.2 Å². The van der Waals surface area contributed by atoms with Gasteiger partial charge in [0.25, 0.3) is 0 Å². The molecule has 1 aliphatic heterocycles. The molecule has 0 aromatic carbocycles. The number of piperidine rings is 1. The van der Waals surface area contributed by atoms with Gasteiger partial charge in [0.2, 0.25) is 11.8 Å². The lowest BCUT2D eigenvalue weighted by Gasteiger charge is -2.32. The molecule has 1 fully saturated rings. The van der Waals surface area contributed by atoms with E-state index >= 15 is 0 Å². The molecule has 8 heteroatoms. The Kier molecular flexibility index (Phi) is 5.05. The second-order valence-corrected chi connectivity index (χ2v) is 4.86. The van der Waals surface area contributed by atoms with Crippen molar-refractivity contribution in [1.29, 1.82) is 0 Å². The second-order valence-electron chi connectivity index (χ2n) is 4.86. The van der Waals surface area contributed by atoms with E-state index in [0.717, 1.165) is 12.8 Å².